The monoisotopic (exact) mass is 394 g/mol. The number of hydrogen-bond donors (Lipinski definition) is 2. The maximum absolute atomic E-state index is 13.5. The fraction of sp³-hybridized carbons (Fsp3) is 0.400. The maximum Gasteiger partial charge on any atom is 0.416 e. The van der Waals surface area contributed by atoms with Gasteiger partial charge in [-0.25, -0.2) is 0 Å². The Balaban J connectivity index is 2.09. The molecule has 5 nitrogen and oxygen atoms in total. The number of ether oxygens (including phenoxy) is 1. The number of aliphatic imine (C=N–C) groups is 1. The molecule has 0 bridgehead atoms. The highest BCUT2D eigenvalue weighted by atomic mass is 19.4. The number of hydrogen-bond acceptors (Lipinski definition) is 3. The molecule has 0 radical (unpaired) electrons. The lowest BCUT2D eigenvalue weighted by atomic mass is 10.1. The molecular weight excluding hydrogens is 369 g/mol. The number of nitrogens with zero attached hydrogens (tertiary/aromatic N) is 2. The van der Waals surface area contributed by atoms with E-state index in [1.165, 1.54) is 6.07 Å². The van der Waals surface area contributed by atoms with E-state index in [0.29, 0.717) is 12.5 Å². The third kappa shape index (κ3) is 6.75. The third-order valence-electron chi connectivity index (χ3n) is 3.64. The van der Waals surface area contributed by atoms with E-state index < -0.39 is 17.3 Å². The maximum atomic E-state index is 13.5. The fourth-order valence-electron chi connectivity index (χ4n) is 2.47. The van der Waals surface area contributed by atoms with Gasteiger partial charge in [0.2, 0.25) is 0 Å². The highest BCUT2D eigenvalue weighted by Gasteiger charge is 2.34. The first-order chi connectivity index (χ1) is 13.1. The summed E-state index contributed by atoms with van der Waals surface area (Å²) in [6.07, 6.45) is -2.82. The molecule has 0 saturated heterocycles. The van der Waals surface area contributed by atoms with Gasteiger partial charge in [0.15, 0.2) is 5.96 Å². The van der Waals surface area contributed by atoms with Gasteiger partial charge in [0.25, 0.3) is 0 Å². The van der Waals surface area contributed by atoms with Crippen molar-refractivity contribution in [3.8, 4) is 5.75 Å². The Morgan fingerprint density at radius 1 is 1.07 bits per heavy atom. The van der Waals surface area contributed by atoms with E-state index in [0.717, 1.165) is 11.8 Å². The summed E-state index contributed by atoms with van der Waals surface area (Å²) < 4.78 is 46.1. The highest BCUT2D eigenvalue weighted by Crippen LogP contribution is 2.35. The molecule has 2 rings (SSSR count). The summed E-state index contributed by atoms with van der Waals surface area (Å²) in [6, 6.07) is 9.51. The van der Waals surface area contributed by atoms with E-state index >= 15 is 0 Å². The number of nitrogens with one attached hydrogen (secondary N) is 2. The van der Waals surface area contributed by atoms with Gasteiger partial charge >= 0.3 is 6.18 Å². The summed E-state index contributed by atoms with van der Waals surface area (Å²) in [4.78, 5) is 8.22. The van der Waals surface area contributed by atoms with Crippen LogP contribution in [0, 0.1) is 0 Å². The van der Waals surface area contributed by atoms with Crippen LogP contribution in [0.2, 0.25) is 0 Å². The topological polar surface area (TPSA) is 58.5 Å². The summed E-state index contributed by atoms with van der Waals surface area (Å²) >= 11 is 0. The number of pyridine rings is 1. The van der Waals surface area contributed by atoms with Gasteiger partial charge in [0, 0.05) is 19.8 Å². The largest absolute Gasteiger partial charge is 0.488 e. The number of guanidine groups is 1. The van der Waals surface area contributed by atoms with Crippen molar-refractivity contribution in [2.24, 2.45) is 4.99 Å². The van der Waals surface area contributed by atoms with E-state index in [1.807, 2.05) is 18.2 Å². The third-order valence-corrected chi connectivity index (χ3v) is 3.64. The lowest BCUT2D eigenvalue weighted by molar-refractivity contribution is -0.138. The Bertz CT molecular complexity index is 799. The lowest BCUT2D eigenvalue weighted by Gasteiger charge is -2.23. The van der Waals surface area contributed by atoms with Crippen LogP contribution in [0.25, 0.3) is 0 Å². The molecule has 28 heavy (non-hydrogen) atoms. The second-order valence-corrected chi connectivity index (χ2v) is 7.13. The zero-order valence-corrected chi connectivity index (χ0v) is 16.4. The van der Waals surface area contributed by atoms with Crippen LogP contribution in [0.4, 0.5) is 13.2 Å². The summed E-state index contributed by atoms with van der Waals surface area (Å²) in [6.45, 7) is 5.73. The molecule has 0 aliphatic rings. The summed E-state index contributed by atoms with van der Waals surface area (Å²) in [5, 5.41) is 5.93. The molecule has 0 spiro atoms. The van der Waals surface area contributed by atoms with E-state index in [2.05, 4.69) is 20.6 Å². The van der Waals surface area contributed by atoms with Crippen molar-refractivity contribution in [2.45, 2.75) is 45.6 Å². The molecule has 2 N–H and O–H groups in total. The minimum atomic E-state index is -4.49. The van der Waals surface area contributed by atoms with Gasteiger partial charge in [-0.2, -0.15) is 13.2 Å². The normalized spacial score (nSPS) is 12.6. The smallest absolute Gasteiger partial charge is 0.416 e. The molecule has 0 aliphatic heterocycles. The van der Waals surface area contributed by atoms with Crippen molar-refractivity contribution < 1.29 is 17.9 Å². The van der Waals surface area contributed by atoms with Crippen molar-refractivity contribution in [1.82, 2.24) is 15.6 Å². The number of aromatic nitrogens is 1. The molecule has 152 valence electrons. The fourth-order valence-corrected chi connectivity index (χ4v) is 2.47. The predicted octanol–water partition coefficient (Wildman–Crippen LogP) is 4.14. The van der Waals surface area contributed by atoms with Crippen molar-refractivity contribution in [3.63, 3.8) is 0 Å². The standard InChI is InChI=1S/C20H25F3N4O/c1-19(2,3)28-16-9-8-14(17(11-16)20(21,22)23)12-26-18(24-4)27-13-15-7-5-6-10-25-15/h5-11H,12-13H2,1-4H3,(H2,24,26,27). The quantitative estimate of drug-likeness (QED) is 0.591. The minimum Gasteiger partial charge on any atom is -0.488 e. The van der Waals surface area contributed by atoms with Gasteiger partial charge in [-0.15, -0.1) is 0 Å². The molecule has 0 saturated carbocycles. The average molecular weight is 394 g/mol. The Kier molecular flexibility index (Phi) is 6.88. The van der Waals surface area contributed by atoms with Gasteiger partial charge < -0.3 is 15.4 Å². The van der Waals surface area contributed by atoms with Crippen LogP contribution < -0.4 is 15.4 Å². The van der Waals surface area contributed by atoms with Gasteiger partial charge in [0.05, 0.1) is 17.8 Å². The second kappa shape index (κ2) is 8.95. The number of benzene rings is 1. The number of halogens is 3. The molecule has 0 fully saturated rings. The molecule has 1 aromatic carbocycles. The molecule has 8 heteroatoms. The van der Waals surface area contributed by atoms with E-state index in [1.54, 1.807) is 40.1 Å². The van der Waals surface area contributed by atoms with Crippen LogP contribution >= 0.6 is 0 Å². The SMILES string of the molecule is CN=C(NCc1ccccn1)NCc1ccc(OC(C)(C)C)cc1C(F)(F)F. The van der Waals surface area contributed by atoms with Crippen LogP contribution in [0.15, 0.2) is 47.6 Å². The van der Waals surface area contributed by atoms with Gasteiger partial charge in [-0.1, -0.05) is 12.1 Å². The zero-order valence-electron chi connectivity index (χ0n) is 16.4. The Hall–Kier alpha value is -2.77. The van der Waals surface area contributed by atoms with Gasteiger partial charge in [-0.3, -0.25) is 9.98 Å². The predicted molar refractivity (Wildman–Crippen MR) is 103 cm³/mol. The molecule has 1 aromatic heterocycles. The highest BCUT2D eigenvalue weighted by molar-refractivity contribution is 5.79. The molecule has 0 amide bonds. The first-order valence-corrected chi connectivity index (χ1v) is 8.82. The van der Waals surface area contributed by atoms with Crippen LogP contribution in [0.1, 0.15) is 37.6 Å². The van der Waals surface area contributed by atoms with Crippen molar-refractivity contribution in [2.75, 3.05) is 7.05 Å². The van der Waals surface area contributed by atoms with Crippen LogP contribution in [-0.4, -0.2) is 23.6 Å². The van der Waals surface area contributed by atoms with Crippen molar-refractivity contribution in [1.29, 1.82) is 0 Å². The number of rotatable bonds is 5. The second-order valence-electron chi connectivity index (χ2n) is 7.13. The summed E-state index contributed by atoms with van der Waals surface area (Å²) in [7, 11) is 1.55. The van der Waals surface area contributed by atoms with Crippen molar-refractivity contribution in [3.05, 3.63) is 59.4 Å². The first kappa shape index (κ1) is 21.5. The molecule has 0 atom stereocenters. The molecule has 0 unspecified atom stereocenters. The van der Waals surface area contributed by atoms with E-state index in [4.69, 9.17) is 4.74 Å². The van der Waals surface area contributed by atoms with Crippen LogP contribution in [0.5, 0.6) is 5.75 Å². The van der Waals surface area contributed by atoms with E-state index in [-0.39, 0.29) is 17.9 Å². The van der Waals surface area contributed by atoms with Crippen LogP contribution in [-0.2, 0) is 19.3 Å². The molecule has 2 aromatic rings. The Morgan fingerprint density at radius 2 is 1.79 bits per heavy atom. The number of alkyl halides is 3. The minimum absolute atomic E-state index is 0.0352. The van der Waals surface area contributed by atoms with Gasteiger partial charge in [0.1, 0.15) is 11.4 Å². The average Bonchev–Trinajstić information content (AvgIpc) is 2.61. The van der Waals surface area contributed by atoms with Crippen molar-refractivity contribution >= 4 is 5.96 Å². The van der Waals surface area contributed by atoms with Crippen LogP contribution in [0.3, 0.4) is 0 Å². The summed E-state index contributed by atoms with van der Waals surface area (Å²) in [5.41, 5.74) is -0.415. The molecular formula is C20H25F3N4O. The lowest BCUT2D eigenvalue weighted by Crippen LogP contribution is -2.37. The summed E-state index contributed by atoms with van der Waals surface area (Å²) in [5.74, 6) is 0.565. The Labute approximate surface area is 163 Å². The first-order valence-electron chi connectivity index (χ1n) is 8.82. The molecule has 0 aliphatic carbocycles. The van der Waals surface area contributed by atoms with E-state index in [9.17, 15) is 13.2 Å². The molecule has 1 heterocycles. The van der Waals surface area contributed by atoms with Gasteiger partial charge in [-0.05, 0) is 50.6 Å². The zero-order chi connectivity index (χ0) is 20.8. The Morgan fingerprint density at radius 3 is 2.36 bits per heavy atom.